The molecule has 1 N–H and O–H groups in total. The summed E-state index contributed by atoms with van der Waals surface area (Å²) in [6.07, 6.45) is 2.99. The molecule has 0 aliphatic carbocycles. The quantitative estimate of drug-likeness (QED) is 0.383. The van der Waals surface area contributed by atoms with E-state index in [1.807, 2.05) is 66.7 Å². The summed E-state index contributed by atoms with van der Waals surface area (Å²) >= 11 is 6.08. The van der Waals surface area contributed by atoms with Crippen LogP contribution in [-0.4, -0.2) is 30.8 Å². The maximum absolute atomic E-state index is 11.9. The van der Waals surface area contributed by atoms with Crippen molar-refractivity contribution in [2.45, 2.75) is 25.9 Å². The number of piperidine rings is 1. The molecular formula is C29H30ClNO3. The van der Waals surface area contributed by atoms with Gasteiger partial charge in [0.25, 0.3) is 0 Å². The molecule has 1 unspecified atom stereocenters. The number of esters is 1. The molecule has 3 aromatic rings. The smallest absolute Gasteiger partial charge is 0.338 e. The molecule has 0 radical (unpaired) electrons. The van der Waals surface area contributed by atoms with Crippen LogP contribution < -0.4 is 4.90 Å². The number of ether oxygens (including phenoxy) is 1. The SMILES string of the molecule is C=Cc1ccc(-c2ccc(Cl)cc2)c(C(O)C2CCN(c3ccc(C(=O)OCC)cc3)CC2)c1. The van der Waals surface area contributed by atoms with Gasteiger partial charge in [-0.15, -0.1) is 0 Å². The summed E-state index contributed by atoms with van der Waals surface area (Å²) in [5.41, 5.74) is 5.62. The zero-order valence-electron chi connectivity index (χ0n) is 19.4. The van der Waals surface area contributed by atoms with Crippen LogP contribution in [0, 0.1) is 5.92 Å². The van der Waals surface area contributed by atoms with Gasteiger partial charge in [0, 0.05) is 23.8 Å². The number of benzene rings is 3. The van der Waals surface area contributed by atoms with Crippen LogP contribution >= 0.6 is 11.6 Å². The number of hydrogen-bond donors (Lipinski definition) is 1. The second-order valence-electron chi connectivity index (χ2n) is 8.59. The predicted octanol–water partition coefficient (Wildman–Crippen LogP) is 6.78. The van der Waals surface area contributed by atoms with Crippen LogP contribution in [0.25, 0.3) is 17.2 Å². The summed E-state index contributed by atoms with van der Waals surface area (Å²) in [5, 5.41) is 12.1. The molecule has 0 bridgehead atoms. The lowest BCUT2D eigenvalue weighted by atomic mass is 9.83. The third kappa shape index (κ3) is 5.35. The molecule has 0 saturated carbocycles. The van der Waals surface area contributed by atoms with E-state index >= 15 is 0 Å². The van der Waals surface area contributed by atoms with Gasteiger partial charge < -0.3 is 14.7 Å². The fourth-order valence-corrected chi connectivity index (χ4v) is 4.72. The molecule has 5 heteroatoms. The first-order chi connectivity index (χ1) is 16.5. The second-order valence-corrected chi connectivity index (χ2v) is 9.03. The van der Waals surface area contributed by atoms with Crippen molar-refractivity contribution < 1.29 is 14.6 Å². The maximum atomic E-state index is 11.9. The molecule has 1 fully saturated rings. The number of aliphatic hydroxyl groups is 1. The average Bonchev–Trinajstić information content (AvgIpc) is 2.89. The average molecular weight is 476 g/mol. The standard InChI is InChI=1S/C29H30ClNO3/c1-3-20-5-14-26(21-6-10-24(30)11-7-21)27(19-20)28(32)22-15-17-31(18-16-22)25-12-8-23(9-13-25)29(33)34-4-2/h3,5-14,19,22,28,32H,1,4,15-18H2,2H3. The van der Waals surface area contributed by atoms with E-state index in [1.165, 1.54) is 0 Å². The lowest BCUT2D eigenvalue weighted by Crippen LogP contribution is -2.35. The van der Waals surface area contributed by atoms with Crippen molar-refractivity contribution in [1.82, 2.24) is 0 Å². The highest BCUT2D eigenvalue weighted by atomic mass is 35.5. The van der Waals surface area contributed by atoms with Crippen LogP contribution in [0.2, 0.25) is 5.02 Å². The van der Waals surface area contributed by atoms with Crippen molar-refractivity contribution in [1.29, 1.82) is 0 Å². The van der Waals surface area contributed by atoms with Crippen molar-refractivity contribution in [2.75, 3.05) is 24.6 Å². The summed E-state index contributed by atoms with van der Waals surface area (Å²) < 4.78 is 5.07. The Morgan fingerprint density at radius 2 is 1.79 bits per heavy atom. The molecule has 176 valence electrons. The number of carbonyl (C=O) groups is 1. The summed E-state index contributed by atoms with van der Waals surface area (Å²) in [6, 6.07) is 21.4. The number of carbonyl (C=O) groups excluding carboxylic acids is 1. The molecule has 1 saturated heterocycles. The number of rotatable bonds is 7. The lowest BCUT2D eigenvalue weighted by Gasteiger charge is -2.36. The zero-order valence-corrected chi connectivity index (χ0v) is 20.2. The Bertz CT molecular complexity index is 1130. The fourth-order valence-electron chi connectivity index (χ4n) is 4.60. The van der Waals surface area contributed by atoms with E-state index < -0.39 is 6.10 Å². The molecule has 0 amide bonds. The Balaban J connectivity index is 1.48. The highest BCUT2D eigenvalue weighted by Crippen LogP contribution is 2.38. The third-order valence-corrected chi connectivity index (χ3v) is 6.77. The van der Waals surface area contributed by atoms with Gasteiger partial charge in [-0.3, -0.25) is 0 Å². The topological polar surface area (TPSA) is 49.8 Å². The van der Waals surface area contributed by atoms with Crippen LogP contribution in [-0.2, 0) is 4.74 Å². The summed E-state index contributed by atoms with van der Waals surface area (Å²) in [6.45, 7) is 7.75. The third-order valence-electron chi connectivity index (χ3n) is 6.51. The van der Waals surface area contributed by atoms with E-state index in [-0.39, 0.29) is 11.9 Å². The molecule has 1 aliphatic heterocycles. The number of halogens is 1. The van der Waals surface area contributed by atoms with Gasteiger partial charge in [0.2, 0.25) is 0 Å². The van der Waals surface area contributed by atoms with Gasteiger partial charge in [0.05, 0.1) is 18.3 Å². The minimum absolute atomic E-state index is 0.154. The van der Waals surface area contributed by atoms with E-state index in [1.54, 1.807) is 6.92 Å². The van der Waals surface area contributed by atoms with Crippen LogP contribution in [0.1, 0.15) is 47.4 Å². The summed E-state index contributed by atoms with van der Waals surface area (Å²) in [4.78, 5) is 14.2. The number of nitrogens with zero attached hydrogens (tertiary/aromatic N) is 1. The molecule has 1 atom stereocenters. The molecule has 4 nitrogen and oxygen atoms in total. The molecule has 1 heterocycles. The summed E-state index contributed by atoms with van der Waals surface area (Å²) in [5.74, 6) is -0.143. The van der Waals surface area contributed by atoms with Gasteiger partial charge >= 0.3 is 5.97 Å². The van der Waals surface area contributed by atoms with Crippen molar-refractivity contribution in [3.05, 3.63) is 95.0 Å². The predicted molar refractivity (Wildman–Crippen MR) is 139 cm³/mol. The lowest BCUT2D eigenvalue weighted by molar-refractivity contribution is 0.0526. The van der Waals surface area contributed by atoms with Gasteiger partial charge in [-0.2, -0.15) is 0 Å². The molecule has 4 rings (SSSR count). The Kier molecular flexibility index (Phi) is 7.71. The van der Waals surface area contributed by atoms with E-state index in [4.69, 9.17) is 16.3 Å². The van der Waals surface area contributed by atoms with Crippen molar-refractivity contribution in [3.8, 4) is 11.1 Å². The van der Waals surface area contributed by atoms with Gasteiger partial charge in [-0.1, -0.05) is 48.5 Å². The summed E-state index contributed by atoms with van der Waals surface area (Å²) in [7, 11) is 0. The van der Waals surface area contributed by atoms with Gasteiger partial charge in [-0.25, -0.2) is 4.79 Å². The number of aliphatic hydroxyl groups excluding tert-OH is 1. The maximum Gasteiger partial charge on any atom is 0.338 e. The Hall–Kier alpha value is -3.08. The molecule has 3 aromatic carbocycles. The van der Waals surface area contributed by atoms with E-state index in [0.717, 1.165) is 53.9 Å². The molecular weight excluding hydrogens is 446 g/mol. The van der Waals surface area contributed by atoms with Crippen LogP contribution in [0.4, 0.5) is 5.69 Å². The van der Waals surface area contributed by atoms with Crippen LogP contribution in [0.15, 0.2) is 73.3 Å². The molecule has 1 aliphatic rings. The molecule has 0 aromatic heterocycles. The van der Waals surface area contributed by atoms with E-state index in [0.29, 0.717) is 17.2 Å². The Morgan fingerprint density at radius 3 is 2.41 bits per heavy atom. The first-order valence-electron chi connectivity index (χ1n) is 11.7. The number of anilines is 1. The number of hydrogen-bond acceptors (Lipinski definition) is 4. The zero-order chi connectivity index (χ0) is 24.1. The molecule has 0 spiro atoms. The van der Waals surface area contributed by atoms with E-state index in [9.17, 15) is 9.90 Å². The van der Waals surface area contributed by atoms with Crippen molar-refractivity contribution >= 4 is 29.3 Å². The second kappa shape index (κ2) is 10.9. The monoisotopic (exact) mass is 475 g/mol. The Morgan fingerprint density at radius 1 is 1.12 bits per heavy atom. The van der Waals surface area contributed by atoms with Crippen molar-refractivity contribution in [3.63, 3.8) is 0 Å². The van der Waals surface area contributed by atoms with Crippen molar-refractivity contribution in [2.24, 2.45) is 5.92 Å². The fraction of sp³-hybridized carbons (Fsp3) is 0.276. The highest BCUT2D eigenvalue weighted by molar-refractivity contribution is 6.30. The first kappa shape index (κ1) is 24.1. The van der Waals surface area contributed by atoms with E-state index in [2.05, 4.69) is 17.5 Å². The van der Waals surface area contributed by atoms with Crippen LogP contribution in [0.3, 0.4) is 0 Å². The van der Waals surface area contributed by atoms with Gasteiger partial charge in [0.1, 0.15) is 0 Å². The van der Waals surface area contributed by atoms with Crippen LogP contribution in [0.5, 0.6) is 0 Å². The first-order valence-corrected chi connectivity index (χ1v) is 12.1. The highest BCUT2D eigenvalue weighted by Gasteiger charge is 2.28. The minimum atomic E-state index is -0.570. The molecule has 34 heavy (non-hydrogen) atoms. The minimum Gasteiger partial charge on any atom is -0.462 e. The largest absolute Gasteiger partial charge is 0.462 e. The Labute approximate surface area is 206 Å². The normalized spacial score (nSPS) is 15.1. The van der Waals surface area contributed by atoms with Gasteiger partial charge in [0.15, 0.2) is 0 Å². The van der Waals surface area contributed by atoms with Gasteiger partial charge in [-0.05, 0) is 90.4 Å².